The highest BCUT2D eigenvalue weighted by Crippen LogP contribution is 2.37. The maximum absolute atomic E-state index is 12.7. The Morgan fingerprint density at radius 1 is 1.22 bits per heavy atom. The van der Waals surface area contributed by atoms with Crippen molar-refractivity contribution in [1.29, 1.82) is 0 Å². The molecule has 9 heteroatoms. The summed E-state index contributed by atoms with van der Waals surface area (Å²) >= 11 is 6.17. The van der Waals surface area contributed by atoms with E-state index in [1.165, 1.54) is 24.3 Å². The number of thioether (sulfide) groups is 1. The zero-order valence-electron chi connectivity index (χ0n) is 13.6. The number of hydrogen-bond donors (Lipinski definition) is 1. The van der Waals surface area contributed by atoms with Crippen LogP contribution < -0.4 is 15.7 Å². The lowest BCUT2D eigenvalue weighted by atomic mass is 10.2. The molecule has 0 radical (unpaired) electrons. The Morgan fingerprint density at radius 3 is 2.78 bits per heavy atom. The third-order valence-corrected chi connectivity index (χ3v) is 4.69. The Hall–Kier alpha value is -2.58. The summed E-state index contributed by atoms with van der Waals surface area (Å²) < 4.78 is 35.8. The molecule has 2 aromatic carbocycles. The van der Waals surface area contributed by atoms with Crippen LogP contribution in [0, 0.1) is 0 Å². The third kappa shape index (κ3) is 4.99. The minimum absolute atomic E-state index is 0.0787. The summed E-state index contributed by atoms with van der Waals surface area (Å²) in [5, 5.41) is 3.32. The van der Waals surface area contributed by atoms with Crippen LogP contribution in [0.25, 0.3) is 11.0 Å². The van der Waals surface area contributed by atoms with Gasteiger partial charge in [0.1, 0.15) is 11.3 Å². The molecular formula is C18H12ClF2NO4S. The van der Waals surface area contributed by atoms with E-state index >= 15 is 0 Å². The number of halogens is 3. The predicted octanol–water partition coefficient (Wildman–Crippen LogP) is 4.78. The molecule has 0 aliphatic rings. The molecule has 0 atom stereocenters. The van der Waals surface area contributed by atoms with Crippen LogP contribution in [0.3, 0.4) is 0 Å². The first-order valence-corrected chi connectivity index (χ1v) is 8.88. The van der Waals surface area contributed by atoms with Crippen molar-refractivity contribution in [3.05, 3.63) is 64.0 Å². The Kier molecular flexibility index (Phi) is 5.98. The number of alkyl halides is 2. The first-order valence-electron chi connectivity index (χ1n) is 7.62. The molecule has 0 unspecified atom stereocenters. The van der Waals surface area contributed by atoms with E-state index in [4.69, 9.17) is 20.8 Å². The number of benzene rings is 2. The van der Waals surface area contributed by atoms with Crippen LogP contribution in [0.15, 0.2) is 62.6 Å². The Morgan fingerprint density at radius 2 is 2.00 bits per heavy atom. The Balaban J connectivity index is 1.68. The van der Waals surface area contributed by atoms with Gasteiger partial charge in [0.25, 0.3) is 11.7 Å². The first-order chi connectivity index (χ1) is 12.9. The van der Waals surface area contributed by atoms with Crippen LogP contribution in [0.5, 0.6) is 5.75 Å². The minimum atomic E-state index is -2.68. The van der Waals surface area contributed by atoms with Crippen molar-refractivity contribution in [3.8, 4) is 5.75 Å². The second-order valence-electron chi connectivity index (χ2n) is 5.29. The SMILES string of the molecule is O=C(COc1ccc2ccc(=O)oc2c1)Nc1cccc(Cl)c1SC(F)F. The van der Waals surface area contributed by atoms with Gasteiger partial charge in [-0.15, -0.1) is 0 Å². The summed E-state index contributed by atoms with van der Waals surface area (Å²) in [5.74, 6) is -2.91. The van der Waals surface area contributed by atoms with Crippen LogP contribution in [-0.2, 0) is 4.79 Å². The lowest BCUT2D eigenvalue weighted by Crippen LogP contribution is -2.20. The van der Waals surface area contributed by atoms with Crippen molar-refractivity contribution in [3.63, 3.8) is 0 Å². The van der Waals surface area contributed by atoms with Gasteiger partial charge in [0, 0.05) is 17.5 Å². The highest BCUT2D eigenvalue weighted by Gasteiger charge is 2.15. The summed E-state index contributed by atoms with van der Waals surface area (Å²) in [6, 6.07) is 12.2. The fourth-order valence-corrected chi connectivity index (χ4v) is 3.20. The largest absolute Gasteiger partial charge is 0.484 e. The zero-order chi connectivity index (χ0) is 19.4. The first kappa shape index (κ1) is 19.2. The molecule has 0 aliphatic carbocycles. The van der Waals surface area contributed by atoms with Gasteiger partial charge in [0.15, 0.2) is 6.61 Å². The van der Waals surface area contributed by atoms with Crippen molar-refractivity contribution < 1.29 is 22.7 Å². The van der Waals surface area contributed by atoms with E-state index in [1.807, 2.05) is 0 Å². The molecular weight excluding hydrogens is 400 g/mol. The van der Waals surface area contributed by atoms with Crippen molar-refractivity contribution in [1.82, 2.24) is 0 Å². The van der Waals surface area contributed by atoms with Gasteiger partial charge in [-0.05, 0) is 30.3 Å². The smallest absolute Gasteiger partial charge is 0.336 e. The van der Waals surface area contributed by atoms with Crippen LogP contribution in [0.2, 0.25) is 5.02 Å². The monoisotopic (exact) mass is 411 g/mol. The molecule has 3 rings (SSSR count). The van der Waals surface area contributed by atoms with E-state index in [0.29, 0.717) is 16.7 Å². The number of carbonyl (C=O) groups excluding carboxylic acids is 1. The molecule has 27 heavy (non-hydrogen) atoms. The summed E-state index contributed by atoms with van der Waals surface area (Å²) in [7, 11) is 0. The predicted molar refractivity (Wildman–Crippen MR) is 99.9 cm³/mol. The normalized spacial score (nSPS) is 11.0. The number of anilines is 1. The van der Waals surface area contributed by atoms with E-state index in [0.717, 1.165) is 0 Å². The zero-order valence-corrected chi connectivity index (χ0v) is 15.2. The maximum Gasteiger partial charge on any atom is 0.336 e. The lowest BCUT2D eigenvalue weighted by molar-refractivity contribution is -0.118. The molecule has 0 bridgehead atoms. The lowest BCUT2D eigenvalue weighted by Gasteiger charge is -2.12. The number of carbonyl (C=O) groups is 1. The van der Waals surface area contributed by atoms with E-state index in [-0.39, 0.29) is 34.0 Å². The number of hydrogen-bond acceptors (Lipinski definition) is 5. The molecule has 1 N–H and O–H groups in total. The Bertz CT molecular complexity index is 1040. The molecule has 1 amide bonds. The average molecular weight is 412 g/mol. The van der Waals surface area contributed by atoms with E-state index in [9.17, 15) is 18.4 Å². The molecule has 0 fully saturated rings. The van der Waals surface area contributed by atoms with Gasteiger partial charge in [0.2, 0.25) is 0 Å². The Labute approximate surface area is 161 Å². The molecule has 0 aliphatic heterocycles. The summed E-state index contributed by atoms with van der Waals surface area (Å²) in [6.07, 6.45) is 0. The molecule has 0 saturated heterocycles. The summed E-state index contributed by atoms with van der Waals surface area (Å²) in [6.45, 7) is -0.367. The van der Waals surface area contributed by atoms with Gasteiger partial charge in [-0.2, -0.15) is 8.78 Å². The number of nitrogens with one attached hydrogen (secondary N) is 1. The van der Waals surface area contributed by atoms with Crippen molar-refractivity contribution in [2.75, 3.05) is 11.9 Å². The van der Waals surface area contributed by atoms with Crippen LogP contribution >= 0.6 is 23.4 Å². The fourth-order valence-electron chi connectivity index (χ4n) is 2.28. The van der Waals surface area contributed by atoms with Gasteiger partial charge in [-0.1, -0.05) is 29.4 Å². The van der Waals surface area contributed by atoms with Gasteiger partial charge in [-0.25, -0.2) is 4.79 Å². The van der Waals surface area contributed by atoms with Crippen LogP contribution in [0.4, 0.5) is 14.5 Å². The van der Waals surface area contributed by atoms with Crippen molar-refractivity contribution in [2.24, 2.45) is 0 Å². The third-order valence-electron chi connectivity index (χ3n) is 3.41. The van der Waals surface area contributed by atoms with Gasteiger partial charge < -0.3 is 14.5 Å². The number of amides is 1. The quantitative estimate of drug-likeness (QED) is 0.467. The second-order valence-corrected chi connectivity index (χ2v) is 6.69. The van der Waals surface area contributed by atoms with E-state index < -0.39 is 17.3 Å². The maximum atomic E-state index is 12.7. The molecule has 1 heterocycles. The van der Waals surface area contributed by atoms with Gasteiger partial charge in [0.05, 0.1) is 15.6 Å². The minimum Gasteiger partial charge on any atom is -0.484 e. The van der Waals surface area contributed by atoms with Gasteiger partial charge >= 0.3 is 5.63 Å². The highest BCUT2D eigenvalue weighted by atomic mass is 35.5. The van der Waals surface area contributed by atoms with Crippen LogP contribution in [-0.4, -0.2) is 18.3 Å². The fraction of sp³-hybridized carbons (Fsp3) is 0.111. The molecule has 1 aromatic heterocycles. The number of rotatable bonds is 6. The molecule has 0 spiro atoms. The topological polar surface area (TPSA) is 68.5 Å². The summed E-state index contributed by atoms with van der Waals surface area (Å²) in [5.41, 5.74) is -0.000754. The van der Waals surface area contributed by atoms with E-state index in [2.05, 4.69) is 5.32 Å². The van der Waals surface area contributed by atoms with Crippen molar-refractivity contribution >= 4 is 45.9 Å². The average Bonchev–Trinajstić information content (AvgIpc) is 2.62. The standard InChI is InChI=1S/C18H12ClF2NO4S/c19-12-2-1-3-13(17(12)27-18(20)21)22-15(23)9-25-11-6-4-10-5-7-16(24)26-14(10)8-11/h1-8,18H,9H2,(H,22,23). The summed E-state index contributed by atoms with van der Waals surface area (Å²) in [4.78, 5) is 23.4. The molecule has 5 nitrogen and oxygen atoms in total. The highest BCUT2D eigenvalue weighted by molar-refractivity contribution is 7.99. The number of fused-ring (bicyclic) bond motifs is 1. The second kappa shape index (κ2) is 8.41. The van der Waals surface area contributed by atoms with Crippen LogP contribution in [0.1, 0.15) is 0 Å². The van der Waals surface area contributed by atoms with Crippen molar-refractivity contribution in [2.45, 2.75) is 10.7 Å². The van der Waals surface area contributed by atoms with E-state index in [1.54, 1.807) is 24.3 Å². The molecule has 0 saturated carbocycles. The number of ether oxygens (including phenoxy) is 1. The molecule has 140 valence electrons. The molecule has 3 aromatic rings. The van der Waals surface area contributed by atoms with Gasteiger partial charge in [-0.3, -0.25) is 4.79 Å².